The molecule has 0 bridgehead atoms. The zero-order valence-corrected chi connectivity index (χ0v) is 16.1. The molecule has 7 nitrogen and oxygen atoms in total. The molecule has 0 unspecified atom stereocenters. The molecule has 1 aliphatic heterocycles. The van der Waals surface area contributed by atoms with Crippen molar-refractivity contribution in [1.82, 2.24) is 19.7 Å². The first kappa shape index (κ1) is 18.3. The highest BCUT2D eigenvalue weighted by atomic mass is 16.5. The number of hydrogen-bond donors (Lipinski definition) is 1. The summed E-state index contributed by atoms with van der Waals surface area (Å²) in [6.45, 7) is 3.32. The fourth-order valence-corrected chi connectivity index (χ4v) is 4.00. The monoisotopic (exact) mass is 372 g/mol. The van der Waals surface area contributed by atoms with E-state index in [1.165, 1.54) is 6.42 Å². The van der Waals surface area contributed by atoms with Crippen LogP contribution in [0.2, 0.25) is 0 Å². The molecule has 27 heavy (non-hydrogen) atoms. The molecule has 1 saturated carbocycles. The van der Waals surface area contributed by atoms with Crippen LogP contribution in [0.25, 0.3) is 0 Å². The lowest BCUT2D eigenvalue weighted by Gasteiger charge is -2.29. The lowest BCUT2D eigenvalue weighted by Crippen LogP contribution is -2.24. The first-order valence-electron chi connectivity index (χ1n) is 9.72. The van der Waals surface area contributed by atoms with E-state index in [0.29, 0.717) is 24.0 Å². The van der Waals surface area contributed by atoms with Gasteiger partial charge in [-0.1, -0.05) is 6.42 Å². The maximum atomic E-state index is 10.6. The summed E-state index contributed by atoms with van der Waals surface area (Å²) in [5.41, 5.74) is 2.86. The van der Waals surface area contributed by atoms with Gasteiger partial charge >= 0.3 is 0 Å². The molecule has 7 heteroatoms. The number of ether oxygens (including phenoxy) is 2. The molecule has 0 amide bonds. The van der Waals surface area contributed by atoms with Crippen LogP contribution >= 0.6 is 0 Å². The molecule has 0 aromatic carbocycles. The van der Waals surface area contributed by atoms with Crippen LogP contribution in [-0.4, -0.2) is 45.5 Å². The van der Waals surface area contributed by atoms with Crippen molar-refractivity contribution in [2.75, 3.05) is 20.8 Å². The van der Waals surface area contributed by atoms with Crippen molar-refractivity contribution < 1.29 is 14.6 Å². The maximum absolute atomic E-state index is 10.6. The molecule has 0 spiro atoms. The summed E-state index contributed by atoms with van der Waals surface area (Å²) >= 11 is 0. The molecule has 2 aliphatic rings. The largest absolute Gasteiger partial charge is 0.493 e. The van der Waals surface area contributed by atoms with Crippen molar-refractivity contribution in [2.24, 2.45) is 5.92 Å². The quantitative estimate of drug-likeness (QED) is 0.840. The Bertz CT molecular complexity index is 788. The first-order chi connectivity index (χ1) is 13.2. The molecule has 4 rings (SSSR count). The van der Waals surface area contributed by atoms with E-state index in [9.17, 15) is 5.11 Å². The molecule has 1 atom stereocenters. The smallest absolute Gasteiger partial charge is 0.183 e. The minimum atomic E-state index is -0.424. The van der Waals surface area contributed by atoms with Crippen molar-refractivity contribution in [3.8, 4) is 11.5 Å². The van der Waals surface area contributed by atoms with E-state index < -0.39 is 6.10 Å². The van der Waals surface area contributed by atoms with Crippen molar-refractivity contribution in [1.29, 1.82) is 0 Å². The van der Waals surface area contributed by atoms with Gasteiger partial charge in [-0.3, -0.25) is 14.6 Å². The van der Waals surface area contributed by atoms with Crippen LogP contribution in [0, 0.1) is 5.92 Å². The summed E-state index contributed by atoms with van der Waals surface area (Å²) < 4.78 is 13.0. The van der Waals surface area contributed by atoms with E-state index in [-0.39, 0.29) is 0 Å². The Hall–Kier alpha value is -2.12. The van der Waals surface area contributed by atoms with Gasteiger partial charge in [0.2, 0.25) is 0 Å². The molecule has 1 fully saturated rings. The molecule has 3 heterocycles. The van der Waals surface area contributed by atoms with E-state index >= 15 is 0 Å². The summed E-state index contributed by atoms with van der Waals surface area (Å²) in [6, 6.07) is 3.89. The van der Waals surface area contributed by atoms with Crippen molar-refractivity contribution in [3.05, 3.63) is 35.4 Å². The van der Waals surface area contributed by atoms with Crippen molar-refractivity contribution >= 4 is 0 Å². The van der Waals surface area contributed by atoms with Crippen molar-refractivity contribution in [2.45, 2.75) is 51.4 Å². The number of aryl methyl sites for hydroxylation is 1. The summed E-state index contributed by atoms with van der Waals surface area (Å²) in [5, 5.41) is 15.3. The zero-order valence-electron chi connectivity index (χ0n) is 16.1. The van der Waals surface area contributed by atoms with Gasteiger partial charge in [0.15, 0.2) is 11.5 Å². The Kier molecular flexibility index (Phi) is 5.31. The number of aliphatic hydroxyl groups is 1. The third-order valence-corrected chi connectivity index (χ3v) is 5.75. The van der Waals surface area contributed by atoms with Gasteiger partial charge < -0.3 is 14.6 Å². The topological polar surface area (TPSA) is 72.6 Å². The second kappa shape index (κ2) is 7.86. The van der Waals surface area contributed by atoms with Crippen LogP contribution in [0.15, 0.2) is 18.3 Å². The highest BCUT2D eigenvalue weighted by Crippen LogP contribution is 2.37. The summed E-state index contributed by atoms with van der Waals surface area (Å²) in [5.74, 6) is 1.78. The van der Waals surface area contributed by atoms with Gasteiger partial charge in [0, 0.05) is 38.4 Å². The molecular weight excluding hydrogens is 344 g/mol. The predicted octanol–water partition coefficient (Wildman–Crippen LogP) is 2.53. The fraction of sp³-hybridized carbons (Fsp3) is 0.600. The van der Waals surface area contributed by atoms with Crippen LogP contribution in [0.3, 0.4) is 0 Å². The highest BCUT2D eigenvalue weighted by Gasteiger charge is 2.30. The maximum Gasteiger partial charge on any atom is 0.183 e. The van der Waals surface area contributed by atoms with Gasteiger partial charge in [-0.25, -0.2) is 0 Å². The van der Waals surface area contributed by atoms with E-state index in [1.807, 2.05) is 6.07 Å². The van der Waals surface area contributed by atoms with Gasteiger partial charge in [0.25, 0.3) is 0 Å². The van der Waals surface area contributed by atoms with Crippen LogP contribution in [0.1, 0.15) is 48.9 Å². The Morgan fingerprint density at radius 2 is 2.07 bits per heavy atom. The van der Waals surface area contributed by atoms with Crippen LogP contribution in [0.4, 0.5) is 0 Å². The summed E-state index contributed by atoms with van der Waals surface area (Å²) in [4.78, 5) is 6.86. The Balaban J connectivity index is 1.51. The SMILES string of the molecule is COc1ccnc(CN2CCCn3nc([C@H](O)C4CCC4)cc3C2)c1OC. The summed E-state index contributed by atoms with van der Waals surface area (Å²) in [6.07, 6.45) is 5.78. The lowest BCUT2D eigenvalue weighted by molar-refractivity contribution is 0.0581. The molecule has 0 saturated heterocycles. The third-order valence-electron chi connectivity index (χ3n) is 5.75. The van der Waals surface area contributed by atoms with Gasteiger partial charge in [0.1, 0.15) is 11.8 Å². The van der Waals surface area contributed by atoms with Gasteiger partial charge in [0.05, 0.1) is 25.6 Å². The second-order valence-corrected chi connectivity index (χ2v) is 7.48. The van der Waals surface area contributed by atoms with Crippen molar-refractivity contribution in [3.63, 3.8) is 0 Å². The summed E-state index contributed by atoms with van der Waals surface area (Å²) in [7, 11) is 3.29. The number of aliphatic hydroxyl groups excluding tert-OH is 1. The Labute approximate surface area is 159 Å². The Morgan fingerprint density at radius 1 is 1.22 bits per heavy atom. The molecule has 146 valence electrons. The van der Waals surface area contributed by atoms with E-state index in [1.54, 1.807) is 20.4 Å². The van der Waals surface area contributed by atoms with Crippen LogP contribution < -0.4 is 9.47 Å². The van der Waals surface area contributed by atoms with E-state index in [2.05, 4.69) is 20.6 Å². The minimum Gasteiger partial charge on any atom is -0.493 e. The van der Waals surface area contributed by atoms with E-state index in [0.717, 1.165) is 56.0 Å². The average Bonchev–Trinajstić information content (AvgIpc) is 2.93. The first-order valence-corrected chi connectivity index (χ1v) is 9.72. The molecule has 1 aliphatic carbocycles. The predicted molar refractivity (Wildman–Crippen MR) is 101 cm³/mol. The molecule has 2 aromatic heterocycles. The third kappa shape index (κ3) is 3.66. The minimum absolute atomic E-state index is 0.380. The number of pyridine rings is 1. The number of rotatable bonds is 6. The number of methoxy groups -OCH3 is 2. The van der Waals surface area contributed by atoms with Gasteiger partial charge in [-0.05, 0) is 31.2 Å². The number of hydrogen-bond acceptors (Lipinski definition) is 6. The fourth-order valence-electron chi connectivity index (χ4n) is 4.00. The van der Waals surface area contributed by atoms with Crippen LogP contribution in [-0.2, 0) is 19.6 Å². The molecule has 1 N–H and O–H groups in total. The normalized spacial score (nSPS) is 19.1. The zero-order chi connectivity index (χ0) is 18.8. The standard InChI is InChI=1S/C20H28N4O3/c1-26-18-7-8-21-17(20(18)27-2)13-23-9-4-10-24-15(12-23)11-16(22-24)19(25)14-5-3-6-14/h7-8,11,14,19,25H,3-6,9-10,12-13H2,1-2H3/t19-/m1/s1. The number of nitrogens with zero attached hydrogens (tertiary/aromatic N) is 4. The molecule has 0 radical (unpaired) electrons. The van der Waals surface area contributed by atoms with E-state index in [4.69, 9.17) is 14.6 Å². The Morgan fingerprint density at radius 3 is 2.78 bits per heavy atom. The van der Waals surface area contributed by atoms with Crippen LogP contribution in [0.5, 0.6) is 11.5 Å². The second-order valence-electron chi connectivity index (χ2n) is 7.48. The average molecular weight is 372 g/mol. The van der Waals surface area contributed by atoms with Gasteiger partial charge in [-0.15, -0.1) is 0 Å². The van der Waals surface area contributed by atoms with Gasteiger partial charge in [-0.2, -0.15) is 5.10 Å². The number of fused-ring (bicyclic) bond motifs is 1. The highest BCUT2D eigenvalue weighted by molar-refractivity contribution is 5.42. The molecular formula is C20H28N4O3. The molecule has 2 aromatic rings. The lowest BCUT2D eigenvalue weighted by atomic mass is 9.80. The number of aromatic nitrogens is 3.